The minimum absolute atomic E-state index is 0.00487. The summed E-state index contributed by atoms with van der Waals surface area (Å²) >= 11 is 0. The Morgan fingerprint density at radius 3 is 2.71 bits per heavy atom. The van der Waals surface area contributed by atoms with Crippen LogP contribution in [0.1, 0.15) is 34.7 Å². The monoisotopic (exact) mass is 395 g/mol. The van der Waals surface area contributed by atoms with Crippen LogP contribution in [-0.4, -0.2) is 28.7 Å². The largest absolute Gasteiger partial charge is 0.482 e. The predicted molar refractivity (Wildman–Crippen MR) is 94.7 cm³/mol. The van der Waals surface area contributed by atoms with Gasteiger partial charge in [-0.15, -0.1) is 0 Å². The summed E-state index contributed by atoms with van der Waals surface area (Å²) in [6.07, 6.45) is -3.25. The number of hydrogen-bond donors (Lipinski definition) is 2. The van der Waals surface area contributed by atoms with Crippen molar-refractivity contribution < 1.29 is 27.1 Å². The molecule has 9 heteroatoms. The van der Waals surface area contributed by atoms with Crippen LogP contribution in [0.25, 0.3) is 10.9 Å². The molecule has 0 bridgehead atoms. The highest BCUT2D eigenvalue weighted by Gasteiger charge is 2.28. The van der Waals surface area contributed by atoms with Crippen LogP contribution in [0.5, 0.6) is 5.75 Å². The van der Waals surface area contributed by atoms with Crippen molar-refractivity contribution in [2.45, 2.75) is 26.1 Å². The van der Waals surface area contributed by atoms with Crippen molar-refractivity contribution >= 4 is 16.8 Å². The van der Waals surface area contributed by atoms with Gasteiger partial charge in [0.2, 0.25) is 0 Å². The van der Waals surface area contributed by atoms with Crippen LogP contribution >= 0.6 is 0 Å². The summed E-state index contributed by atoms with van der Waals surface area (Å²) in [5.41, 5.74) is 1.95. The molecule has 0 spiro atoms. The molecular formula is C19H17F4N3O2. The molecule has 1 aromatic carbocycles. The lowest BCUT2D eigenvalue weighted by Crippen LogP contribution is -2.28. The lowest BCUT2D eigenvalue weighted by atomic mass is 10.1. The summed E-state index contributed by atoms with van der Waals surface area (Å²) in [7, 11) is 0. The van der Waals surface area contributed by atoms with Gasteiger partial charge < -0.3 is 15.0 Å². The standard InChI is InChI=1S/C19H17F4N3O2/c1-10-5-14(28-9-19(21,22)23)8-24-17(10)11(2)25-18(27)16-7-12-6-13(20)3-4-15(12)26-16/h3-8,11,26H,9H2,1-2H3,(H,25,27). The number of benzene rings is 1. The summed E-state index contributed by atoms with van der Waals surface area (Å²) in [6, 6.07) is 6.61. The van der Waals surface area contributed by atoms with Gasteiger partial charge in [-0.05, 0) is 49.7 Å². The predicted octanol–water partition coefficient (Wildman–Crippen LogP) is 4.44. The number of pyridine rings is 1. The molecule has 0 aliphatic rings. The number of H-pyrrole nitrogens is 1. The van der Waals surface area contributed by atoms with Gasteiger partial charge in [-0.3, -0.25) is 9.78 Å². The van der Waals surface area contributed by atoms with E-state index in [-0.39, 0.29) is 11.4 Å². The van der Waals surface area contributed by atoms with E-state index in [4.69, 9.17) is 0 Å². The number of carbonyl (C=O) groups excluding carboxylic acids is 1. The first kappa shape index (κ1) is 19.7. The molecule has 0 saturated carbocycles. The van der Waals surface area contributed by atoms with Crippen LogP contribution in [0.4, 0.5) is 17.6 Å². The third-order valence-electron chi connectivity index (χ3n) is 4.08. The molecule has 0 saturated heterocycles. The minimum atomic E-state index is -4.43. The Balaban J connectivity index is 1.70. The topological polar surface area (TPSA) is 67.0 Å². The van der Waals surface area contributed by atoms with Gasteiger partial charge in [-0.2, -0.15) is 13.2 Å². The Labute approximate surface area is 157 Å². The molecule has 0 aliphatic heterocycles. The van der Waals surface area contributed by atoms with Crippen LogP contribution in [0.3, 0.4) is 0 Å². The van der Waals surface area contributed by atoms with Gasteiger partial charge in [0.1, 0.15) is 17.3 Å². The molecule has 1 unspecified atom stereocenters. The smallest absolute Gasteiger partial charge is 0.422 e. The molecule has 1 amide bonds. The molecule has 1 atom stereocenters. The van der Waals surface area contributed by atoms with Crippen LogP contribution in [0.15, 0.2) is 36.5 Å². The Kier molecular flexibility index (Phi) is 5.26. The fourth-order valence-electron chi connectivity index (χ4n) is 2.83. The molecule has 148 valence electrons. The Bertz CT molecular complexity index is 1010. The second kappa shape index (κ2) is 7.49. The van der Waals surface area contributed by atoms with Gasteiger partial charge in [0.25, 0.3) is 5.91 Å². The maximum atomic E-state index is 13.3. The zero-order valence-corrected chi connectivity index (χ0v) is 15.0. The van der Waals surface area contributed by atoms with E-state index >= 15 is 0 Å². The van der Waals surface area contributed by atoms with Gasteiger partial charge in [0, 0.05) is 10.9 Å². The number of ether oxygens (including phenoxy) is 1. The summed E-state index contributed by atoms with van der Waals surface area (Å²) in [6.45, 7) is 1.96. The first-order chi connectivity index (χ1) is 13.1. The van der Waals surface area contributed by atoms with E-state index in [9.17, 15) is 22.4 Å². The van der Waals surface area contributed by atoms with Gasteiger partial charge in [0.15, 0.2) is 6.61 Å². The summed E-state index contributed by atoms with van der Waals surface area (Å²) in [4.78, 5) is 19.5. The lowest BCUT2D eigenvalue weighted by molar-refractivity contribution is -0.153. The molecule has 5 nitrogen and oxygen atoms in total. The highest BCUT2D eigenvalue weighted by Crippen LogP contribution is 2.23. The van der Waals surface area contributed by atoms with E-state index in [1.54, 1.807) is 13.8 Å². The number of carbonyl (C=O) groups is 1. The van der Waals surface area contributed by atoms with Crippen LogP contribution in [-0.2, 0) is 0 Å². The number of rotatable bonds is 5. The maximum absolute atomic E-state index is 13.3. The Morgan fingerprint density at radius 2 is 2.04 bits per heavy atom. The minimum Gasteiger partial charge on any atom is -0.482 e. The van der Waals surface area contributed by atoms with E-state index in [1.165, 1.54) is 36.5 Å². The third kappa shape index (κ3) is 4.59. The van der Waals surface area contributed by atoms with Crippen LogP contribution in [0, 0.1) is 12.7 Å². The van der Waals surface area contributed by atoms with E-state index in [1.807, 2.05) is 0 Å². The molecule has 2 heterocycles. The second-order valence-corrected chi connectivity index (χ2v) is 6.39. The average Bonchev–Trinajstić information content (AvgIpc) is 3.02. The van der Waals surface area contributed by atoms with Crippen molar-refractivity contribution in [1.82, 2.24) is 15.3 Å². The molecule has 0 aliphatic carbocycles. The quantitative estimate of drug-likeness (QED) is 0.628. The van der Waals surface area contributed by atoms with Gasteiger partial charge in [-0.25, -0.2) is 4.39 Å². The number of nitrogens with one attached hydrogen (secondary N) is 2. The zero-order valence-electron chi connectivity index (χ0n) is 15.0. The normalized spacial score (nSPS) is 12.8. The Hall–Kier alpha value is -3.10. The van der Waals surface area contributed by atoms with Gasteiger partial charge in [0.05, 0.1) is 17.9 Å². The number of amides is 1. The SMILES string of the molecule is Cc1cc(OCC(F)(F)F)cnc1C(C)NC(=O)c1cc2cc(F)ccc2[nH]1. The summed E-state index contributed by atoms with van der Waals surface area (Å²) in [5, 5.41) is 3.33. The molecule has 2 N–H and O–H groups in total. The molecule has 3 rings (SSSR count). The van der Waals surface area contributed by atoms with E-state index < -0.39 is 30.5 Å². The molecule has 28 heavy (non-hydrogen) atoms. The number of fused-ring (bicyclic) bond motifs is 1. The van der Waals surface area contributed by atoms with Gasteiger partial charge in [-0.1, -0.05) is 0 Å². The second-order valence-electron chi connectivity index (χ2n) is 6.39. The maximum Gasteiger partial charge on any atom is 0.422 e. The summed E-state index contributed by atoms with van der Waals surface area (Å²) in [5.74, 6) is -0.822. The number of aryl methyl sites for hydroxylation is 1. The Morgan fingerprint density at radius 1 is 1.29 bits per heavy atom. The molecule has 2 aromatic heterocycles. The zero-order chi connectivity index (χ0) is 20.5. The van der Waals surface area contributed by atoms with Crippen LogP contribution in [0.2, 0.25) is 0 Å². The first-order valence-corrected chi connectivity index (χ1v) is 8.37. The number of hydrogen-bond acceptors (Lipinski definition) is 3. The molecule has 3 aromatic rings. The molecule has 0 fully saturated rings. The van der Waals surface area contributed by atoms with Crippen molar-refractivity contribution in [2.24, 2.45) is 0 Å². The fraction of sp³-hybridized carbons (Fsp3) is 0.263. The summed E-state index contributed by atoms with van der Waals surface area (Å²) < 4.78 is 54.7. The third-order valence-corrected chi connectivity index (χ3v) is 4.08. The van der Waals surface area contributed by atoms with Crippen molar-refractivity contribution in [3.05, 3.63) is 59.3 Å². The molecule has 0 radical (unpaired) electrons. The fourth-order valence-corrected chi connectivity index (χ4v) is 2.83. The average molecular weight is 395 g/mol. The van der Waals surface area contributed by atoms with Crippen molar-refractivity contribution in [2.75, 3.05) is 6.61 Å². The van der Waals surface area contributed by atoms with E-state index in [0.29, 0.717) is 22.2 Å². The van der Waals surface area contributed by atoms with Crippen molar-refractivity contribution in [1.29, 1.82) is 0 Å². The number of halogens is 4. The number of aromatic amines is 1. The highest BCUT2D eigenvalue weighted by atomic mass is 19.4. The van der Waals surface area contributed by atoms with Crippen LogP contribution < -0.4 is 10.1 Å². The van der Waals surface area contributed by atoms with E-state index in [0.717, 1.165) is 0 Å². The van der Waals surface area contributed by atoms with Crippen molar-refractivity contribution in [3.8, 4) is 5.75 Å². The lowest BCUT2D eigenvalue weighted by Gasteiger charge is -2.16. The number of nitrogens with zero attached hydrogens (tertiary/aromatic N) is 1. The van der Waals surface area contributed by atoms with E-state index in [2.05, 4.69) is 20.0 Å². The number of alkyl halides is 3. The first-order valence-electron chi connectivity index (χ1n) is 8.37. The number of aromatic nitrogens is 2. The van der Waals surface area contributed by atoms with Gasteiger partial charge >= 0.3 is 6.18 Å². The molecular weight excluding hydrogens is 378 g/mol. The highest BCUT2D eigenvalue weighted by molar-refractivity contribution is 5.98. The van der Waals surface area contributed by atoms with Crippen molar-refractivity contribution in [3.63, 3.8) is 0 Å².